The first-order valence-electron chi connectivity index (χ1n) is 7.68. The fraction of sp³-hybridized carbons (Fsp3) is 0.444. The minimum atomic E-state index is 0.392. The molecule has 0 saturated carbocycles. The van der Waals surface area contributed by atoms with E-state index in [1.165, 1.54) is 11.1 Å². The fourth-order valence-corrected chi connectivity index (χ4v) is 2.59. The van der Waals surface area contributed by atoms with Gasteiger partial charge in [0.2, 0.25) is 0 Å². The number of aryl methyl sites for hydroxylation is 2. The number of furan rings is 1. The molecule has 1 unspecified atom stereocenters. The summed E-state index contributed by atoms with van der Waals surface area (Å²) in [7, 11) is 0. The van der Waals surface area contributed by atoms with Gasteiger partial charge in [0, 0.05) is 18.0 Å². The maximum Gasteiger partial charge on any atom is 0.108 e. The summed E-state index contributed by atoms with van der Waals surface area (Å²) in [5.41, 5.74) is 2.73. The molecular weight excluding hydrogens is 246 g/mol. The topological polar surface area (TPSA) is 25.2 Å². The van der Waals surface area contributed by atoms with Crippen LogP contribution in [0.3, 0.4) is 0 Å². The van der Waals surface area contributed by atoms with Crippen LogP contribution < -0.4 is 5.32 Å². The summed E-state index contributed by atoms with van der Waals surface area (Å²) in [6, 6.07) is 13.2. The van der Waals surface area contributed by atoms with Crippen molar-refractivity contribution in [3.05, 3.63) is 59.5 Å². The third-order valence-electron chi connectivity index (χ3n) is 3.68. The molecule has 0 aliphatic rings. The maximum atomic E-state index is 5.59. The lowest BCUT2D eigenvalue weighted by molar-refractivity contribution is 0.467. The van der Waals surface area contributed by atoms with Gasteiger partial charge < -0.3 is 9.73 Å². The van der Waals surface area contributed by atoms with Gasteiger partial charge in [-0.25, -0.2) is 0 Å². The minimum absolute atomic E-state index is 0.392. The van der Waals surface area contributed by atoms with Crippen molar-refractivity contribution in [1.82, 2.24) is 5.32 Å². The maximum absolute atomic E-state index is 5.59. The lowest BCUT2D eigenvalue weighted by Gasteiger charge is -2.18. The Labute approximate surface area is 122 Å². The molecule has 2 heteroatoms. The molecule has 2 nitrogen and oxygen atoms in total. The summed E-state index contributed by atoms with van der Waals surface area (Å²) in [5, 5.41) is 3.66. The number of rotatable bonds is 8. The standard InChI is InChI=1S/C18H25NO/c1-3-13-19-17(16-12-14-20-18(16)4-2)11-10-15-8-6-5-7-9-15/h5-9,12,14,17,19H,3-4,10-11,13H2,1-2H3. The van der Waals surface area contributed by atoms with Crippen molar-refractivity contribution < 1.29 is 4.42 Å². The second-order valence-electron chi connectivity index (χ2n) is 5.18. The molecule has 0 bridgehead atoms. The Morgan fingerprint density at radius 2 is 1.90 bits per heavy atom. The van der Waals surface area contributed by atoms with Crippen molar-refractivity contribution in [3.63, 3.8) is 0 Å². The second-order valence-corrected chi connectivity index (χ2v) is 5.18. The predicted molar refractivity (Wildman–Crippen MR) is 83.9 cm³/mol. The van der Waals surface area contributed by atoms with Crippen LogP contribution in [0.15, 0.2) is 47.1 Å². The van der Waals surface area contributed by atoms with Crippen molar-refractivity contribution in [2.75, 3.05) is 6.54 Å². The Bertz CT molecular complexity index is 489. The van der Waals surface area contributed by atoms with Gasteiger partial charge in [0.15, 0.2) is 0 Å². The summed E-state index contributed by atoms with van der Waals surface area (Å²) >= 11 is 0. The monoisotopic (exact) mass is 271 g/mol. The summed E-state index contributed by atoms with van der Waals surface area (Å²) in [6.07, 6.45) is 6.13. The zero-order valence-corrected chi connectivity index (χ0v) is 12.6. The van der Waals surface area contributed by atoms with E-state index >= 15 is 0 Å². The summed E-state index contributed by atoms with van der Waals surface area (Å²) in [6.45, 7) is 5.40. The number of benzene rings is 1. The summed E-state index contributed by atoms with van der Waals surface area (Å²) < 4.78 is 5.59. The molecule has 0 aliphatic carbocycles. The van der Waals surface area contributed by atoms with E-state index in [9.17, 15) is 0 Å². The van der Waals surface area contributed by atoms with Crippen LogP contribution in [-0.4, -0.2) is 6.54 Å². The molecule has 108 valence electrons. The lowest BCUT2D eigenvalue weighted by Crippen LogP contribution is -2.23. The zero-order valence-electron chi connectivity index (χ0n) is 12.6. The molecule has 0 amide bonds. The Balaban J connectivity index is 2.04. The SMILES string of the molecule is CCCNC(CCc1ccccc1)c1ccoc1CC. The van der Waals surface area contributed by atoms with Gasteiger partial charge in [0.1, 0.15) is 5.76 Å². The van der Waals surface area contributed by atoms with Crippen molar-refractivity contribution >= 4 is 0 Å². The molecule has 1 heterocycles. The minimum Gasteiger partial charge on any atom is -0.469 e. The highest BCUT2D eigenvalue weighted by molar-refractivity contribution is 5.22. The molecule has 0 saturated heterocycles. The first kappa shape index (κ1) is 14.9. The van der Waals surface area contributed by atoms with E-state index < -0.39 is 0 Å². The molecule has 0 fully saturated rings. The molecule has 1 N–H and O–H groups in total. The molecule has 2 rings (SSSR count). The molecule has 0 spiro atoms. The molecule has 20 heavy (non-hydrogen) atoms. The number of hydrogen-bond donors (Lipinski definition) is 1. The van der Waals surface area contributed by atoms with E-state index in [1.807, 2.05) is 6.26 Å². The van der Waals surface area contributed by atoms with E-state index in [2.05, 4.69) is 55.6 Å². The van der Waals surface area contributed by atoms with E-state index in [4.69, 9.17) is 4.42 Å². The van der Waals surface area contributed by atoms with Crippen LogP contribution in [0.5, 0.6) is 0 Å². The fourth-order valence-electron chi connectivity index (χ4n) is 2.59. The Kier molecular flexibility index (Phi) is 5.87. The molecule has 0 radical (unpaired) electrons. The van der Waals surface area contributed by atoms with E-state index in [1.54, 1.807) is 0 Å². The lowest BCUT2D eigenvalue weighted by atomic mass is 9.98. The zero-order chi connectivity index (χ0) is 14.2. The van der Waals surface area contributed by atoms with Crippen LogP contribution in [0.1, 0.15) is 49.6 Å². The van der Waals surface area contributed by atoms with Gasteiger partial charge in [-0.3, -0.25) is 0 Å². The summed E-state index contributed by atoms with van der Waals surface area (Å²) in [4.78, 5) is 0. The Morgan fingerprint density at radius 1 is 1.10 bits per heavy atom. The predicted octanol–water partition coefficient (Wildman–Crippen LogP) is 4.52. The van der Waals surface area contributed by atoms with Gasteiger partial charge in [-0.2, -0.15) is 0 Å². The van der Waals surface area contributed by atoms with Crippen LogP contribution in [0.2, 0.25) is 0 Å². The van der Waals surface area contributed by atoms with Gasteiger partial charge in [-0.1, -0.05) is 44.2 Å². The van der Waals surface area contributed by atoms with Crippen molar-refractivity contribution in [1.29, 1.82) is 0 Å². The molecule has 1 aromatic carbocycles. The Morgan fingerprint density at radius 3 is 2.60 bits per heavy atom. The molecule has 1 aromatic heterocycles. The average molecular weight is 271 g/mol. The first-order valence-corrected chi connectivity index (χ1v) is 7.68. The van der Waals surface area contributed by atoms with E-state index in [0.717, 1.165) is 38.0 Å². The van der Waals surface area contributed by atoms with Gasteiger partial charge in [-0.05, 0) is 37.4 Å². The number of nitrogens with one attached hydrogen (secondary N) is 1. The van der Waals surface area contributed by atoms with Gasteiger partial charge in [0.05, 0.1) is 6.26 Å². The smallest absolute Gasteiger partial charge is 0.108 e. The first-order chi connectivity index (χ1) is 9.85. The van der Waals surface area contributed by atoms with Gasteiger partial charge in [0.25, 0.3) is 0 Å². The van der Waals surface area contributed by atoms with Crippen LogP contribution in [0.25, 0.3) is 0 Å². The van der Waals surface area contributed by atoms with Gasteiger partial charge in [-0.15, -0.1) is 0 Å². The highest BCUT2D eigenvalue weighted by atomic mass is 16.3. The molecule has 1 atom stereocenters. The van der Waals surface area contributed by atoms with Crippen molar-refractivity contribution in [2.24, 2.45) is 0 Å². The molecule has 0 aliphatic heterocycles. The Hall–Kier alpha value is -1.54. The largest absolute Gasteiger partial charge is 0.469 e. The quantitative estimate of drug-likeness (QED) is 0.764. The highest BCUT2D eigenvalue weighted by Crippen LogP contribution is 2.24. The highest BCUT2D eigenvalue weighted by Gasteiger charge is 2.16. The second kappa shape index (κ2) is 7.91. The normalized spacial score (nSPS) is 12.5. The third kappa shape index (κ3) is 3.97. The van der Waals surface area contributed by atoms with Crippen LogP contribution >= 0.6 is 0 Å². The average Bonchev–Trinajstić information content (AvgIpc) is 2.97. The van der Waals surface area contributed by atoms with E-state index in [-0.39, 0.29) is 0 Å². The van der Waals surface area contributed by atoms with Gasteiger partial charge >= 0.3 is 0 Å². The third-order valence-corrected chi connectivity index (χ3v) is 3.68. The van der Waals surface area contributed by atoms with Crippen molar-refractivity contribution in [2.45, 2.75) is 45.6 Å². The molecule has 2 aromatic rings. The van der Waals surface area contributed by atoms with Crippen LogP contribution in [-0.2, 0) is 12.8 Å². The summed E-state index contributed by atoms with van der Waals surface area (Å²) in [5.74, 6) is 1.12. The van der Waals surface area contributed by atoms with Crippen LogP contribution in [0.4, 0.5) is 0 Å². The molecular formula is C18H25NO. The van der Waals surface area contributed by atoms with Crippen molar-refractivity contribution in [3.8, 4) is 0 Å². The van der Waals surface area contributed by atoms with E-state index in [0.29, 0.717) is 6.04 Å². The van der Waals surface area contributed by atoms with Crippen LogP contribution in [0, 0.1) is 0 Å². The number of hydrogen-bond acceptors (Lipinski definition) is 2.